The molecule has 8 heteroatoms. The van der Waals surface area contributed by atoms with Crippen LogP contribution in [0.15, 0.2) is 30.3 Å². The Labute approximate surface area is 172 Å². The zero-order valence-corrected chi connectivity index (χ0v) is 19.8. The summed E-state index contributed by atoms with van der Waals surface area (Å²) < 4.78 is 7.79. The molecule has 0 atom stereocenters. The van der Waals surface area contributed by atoms with Crippen molar-refractivity contribution in [2.24, 2.45) is 0 Å². The van der Waals surface area contributed by atoms with E-state index in [4.69, 9.17) is 4.43 Å². The van der Waals surface area contributed by atoms with Crippen molar-refractivity contribution in [2.75, 3.05) is 11.6 Å². The molecule has 154 valence electrons. The Hall–Kier alpha value is -1.93. The van der Waals surface area contributed by atoms with Crippen LogP contribution in [0.25, 0.3) is 5.69 Å². The van der Waals surface area contributed by atoms with Gasteiger partial charge in [-0.25, -0.2) is 9.48 Å². The number of nitrogens with one attached hydrogen (secondary N) is 1. The number of nitrogens with zero attached hydrogens (tertiary/aromatic N) is 2. The van der Waals surface area contributed by atoms with Gasteiger partial charge in [0.1, 0.15) is 11.6 Å². The Kier molecular flexibility index (Phi) is 6.25. The van der Waals surface area contributed by atoms with Gasteiger partial charge in [0, 0.05) is 12.1 Å². The van der Waals surface area contributed by atoms with Crippen molar-refractivity contribution in [1.82, 2.24) is 9.78 Å². The van der Waals surface area contributed by atoms with Crippen LogP contribution in [0, 0.1) is 0 Å². The second-order valence-corrected chi connectivity index (χ2v) is 15.0. The van der Waals surface area contributed by atoms with Crippen LogP contribution >= 0.6 is 11.8 Å². The Morgan fingerprint density at radius 2 is 1.86 bits per heavy atom. The van der Waals surface area contributed by atoms with Crippen LogP contribution in [0.3, 0.4) is 0 Å². The number of benzene rings is 1. The van der Waals surface area contributed by atoms with Gasteiger partial charge in [-0.15, -0.1) is 0 Å². The SMILES string of the molecule is CSC(C)(C)c1cc(NC(=O)O)n(-c2cccc(O[Si](C)(C)C(C)(C)C)c2)n1. The van der Waals surface area contributed by atoms with E-state index >= 15 is 0 Å². The summed E-state index contributed by atoms with van der Waals surface area (Å²) in [4.78, 5) is 11.3. The van der Waals surface area contributed by atoms with Gasteiger partial charge in [0.2, 0.25) is 8.32 Å². The van der Waals surface area contributed by atoms with Gasteiger partial charge in [0.15, 0.2) is 0 Å². The number of amides is 1. The van der Waals surface area contributed by atoms with Gasteiger partial charge >= 0.3 is 6.09 Å². The molecule has 6 nitrogen and oxygen atoms in total. The molecular formula is C20H31N3O3SSi. The first-order valence-corrected chi connectivity index (χ1v) is 13.4. The van der Waals surface area contributed by atoms with E-state index in [1.807, 2.05) is 30.5 Å². The molecule has 1 amide bonds. The first-order chi connectivity index (χ1) is 12.8. The van der Waals surface area contributed by atoms with Crippen molar-refractivity contribution in [3.05, 3.63) is 36.0 Å². The lowest BCUT2D eigenvalue weighted by Crippen LogP contribution is -2.43. The second-order valence-electron chi connectivity index (χ2n) is 8.83. The van der Waals surface area contributed by atoms with Crippen molar-refractivity contribution in [1.29, 1.82) is 0 Å². The average molecular weight is 422 g/mol. The molecule has 0 bridgehead atoms. The van der Waals surface area contributed by atoms with Crippen LogP contribution in [-0.4, -0.2) is 35.6 Å². The summed E-state index contributed by atoms with van der Waals surface area (Å²) >= 11 is 1.66. The maximum Gasteiger partial charge on any atom is 0.410 e. The number of carboxylic acid groups (broad SMARTS) is 1. The molecule has 0 unspecified atom stereocenters. The summed E-state index contributed by atoms with van der Waals surface area (Å²) in [6.07, 6.45) is 0.889. The zero-order chi connectivity index (χ0) is 21.3. The quantitative estimate of drug-likeness (QED) is 0.564. The van der Waals surface area contributed by atoms with Gasteiger partial charge in [-0.2, -0.15) is 16.9 Å². The smallest absolute Gasteiger partial charge is 0.410 e. The molecule has 2 aromatic rings. The number of hydrogen-bond acceptors (Lipinski definition) is 4. The highest BCUT2D eigenvalue weighted by atomic mass is 32.2. The topological polar surface area (TPSA) is 76.4 Å². The largest absolute Gasteiger partial charge is 0.543 e. The van der Waals surface area contributed by atoms with E-state index in [1.54, 1.807) is 22.5 Å². The van der Waals surface area contributed by atoms with Gasteiger partial charge in [-0.3, -0.25) is 5.32 Å². The lowest BCUT2D eigenvalue weighted by Gasteiger charge is -2.36. The molecule has 0 saturated heterocycles. The molecule has 0 radical (unpaired) electrons. The van der Waals surface area contributed by atoms with Gasteiger partial charge in [-0.1, -0.05) is 26.8 Å². The van der Waals surface area contributed by atoms with Crippen LogP contribution < -0.4 is 9.74 Å². The van der Waals surface area contributed by atoms with Crippen molar-refractivity contribution >= 4 is 32.0 Å². The number of anilines is 1. The highest BCUT2D eigenvalue weighted by Gasteiger charge is 2.39. The standard InChI is InChI=1S/C20H31N3O3SSi/c1-19(2,3)28(7,8)26-15-11-9-10-14(12-15)23-17(21-18(24)25)13-16(22-23)20(4,5)27-6/h9-13,21H,1-8H3,(H,24,25). The van der Waals surface area contributed by atoms with E-state index in [-0.39, 0.29) is 9.79 Å². The normalized spacial score (nSPS) is 12.7. The number of hydrogen-bond donors (Lipinski definition) is 2. The molecule has 0 saturated carbocycles. The molecule has 0 aliphatic rings. The molecule has 2 N–H and O–H groups in total. The van der Waals surface area contributed by atoms with E-state index in [0.717, 1.165) is 17.1 Å². The third kappa shape index (κ3) is 4.91. The highest BCUT2D eigenvalue weighted by molar-refractivity contribution is 7.99. The predicted molar refractivity (Wildman–Crippen MR) is 120 cm³/mol. The first-order valence-electron chi connectivity index (χ1n) is 9.22. The third-order valence-corrected chi connectivity index (χ3v) is 10.9. The van der Waals surface area contributed by atoms with Crippen molar-refractivity contribution in [2.45, 2.75) is 57.5 Å². The Morgan fingerprint density at radius 1 is 1.21 bits per heavy atom. The summed E-state index contributed by atoms with van der Waals surface area (Å²) in [5.74, 6) is 1.18. The van der Waals surface area contributed by atoms with Gasteiger partial charge in [-0.05, 0) is 50.4 Å². The minimum atomic E-state index is -1.98. The minimum Gasteiger partial charge on any atom is -0.543 e. The van der Waals surface area contributed by atoms with Crippen molar-refractivity contribution < 1.29 is 14.3 Å². The van der Waals surface area contributed by atoms with E-state index in [0.29, 0.717) is 5.82 Å². The average Bonchev–Trinajstić information content (AvgIpc) is 2.97. The second kappa shape index (κ2) is 7.83. The van der Waals surface area contributed by atoms with E-state index in [9.17, 15) is 9.90 Å². The van der Waals surface area contributed by atoms with Crippen LogP contribution in [0.2, 0.25) is 18.1 Å². The fourth-order valence-corrected chi connectivity index (χ4v) is 3.63. The number of thioether (sulfide) groups is 1. The van der Waals surface area contributed by atoms with E-state index < -0.39 is 14.4 Å². The number of rotatable bonds is 6. The van der Waals surface area contributed by atoms with Crippen LogP contribution in [0.5, 0.6) is 5.75 Å². The lowest BCUT2D eigenvalue weighted by molar-refractivity contribution is 0.209. The van der Waals surface area contributed by atoms with E-state index in [2.05, 4.69) is 58.1 Å². The number of aromatic nitrogens is 2. The molecule has 1 heterocycles. The Balaban J connectivity index is 2.48. The first kappa shape index (κ1) is 22.4. The minimum absolute atomic E-state index is 0.0836. The highest BCUT2D eigenvalue weighted by Crippen LogP contribution is 2.38. The van der Waals surface area contributed by atoms with Gasteiger partial charge < -0.3 is 9.53 Å². The molecule has 0 spiro atoms. The lowest BCUT2D eigenvalue weighted by atomic mass is 10.1. The molecule has 0 fully saturated rings. The summed E-state index contributed by atoms with van der Waals surface area (Å²) in [6.45, 7) is 15.1. The van der Waals surface area contributed by atoms with Gasteiger partial charge in [0.25, 0.3) is 0 Å². The summed E-state index contributed by atoms with van der Waals surface area (Å²) in [6, 6.07) is 9.44. The summed E-state index contributed by atoms with van der Waals surface area (Å²) in [7, 11) is -1.98. The molecule has 0 aliphatic carbocycles. The maximum absolute atomic E-state index is 11.3. The summed E-state index contributed by atoms with van der Waals surface area (Å²) in [5.41, 5.74) is 1.56. The fraction of sp³-hybridized carbons (Fsp3) is 0.500. The Bertz CT molecular complexity index is 857. The monoisotopic (exact) mass is 421 g/mol. The summed E-state index contributed by atoms with van der Waals surface area (Å²) in [5, 5.41) is 16.5. The van der Waals surface area contributed by atoms with Crippen LogP contribution in [-0.2, 0) is 4.75 Å². The molecule has 1 aromatic heterocycles. The van der Waals surface area contributed by atoms with Crippen molar-refractivity contribution in [3.8, 4) is 11.4 Å². The zero-order valence-electron chi connectivity index (χ0n) is 18.0. The predicted octanol–water partition coefficient (Wildman–Crippen LogP) is 5.94. The van der Waals surface area contributed by atoms with Gasteiger partial charge in [0.05, 0.1) is 16.1 Å². The molecule has 2 rings (SSSR count). The molecule has 0 aliphatic heterocycles. The third-order valence-electron chi connectivity index (χ3n) is 5.31. The van der Waals surface area contributed by atoms with Crippen molar-refractivity contribution in [3.63, 3.8) is 0 Å². The van der Waals surface area contributed by atoms with E-state index in [1.165, 1.54) is 0 Å². The van der Waals surface area contributed by atoms with Crippen LogP contribution in [0.1, 0.15) is 40.3 Å². The molecular weight excluding hydrogens is 390 g/mol. The molecule has 1 aromatic carbocycles. The number of carbonyl (C=O) groups is 1. The molecule has 28 heavy (non-hydrogen) atoms. The maximum atomic E-state index is 11.3. The fourth-order valence-electron chi connectivity index (χ4n) is 2.30. The Morgan fingerprint density at radius 3 is 2.39 bits per heavy atom. The van der Waals surface area contributed by atoms with Crippen LogP contribution in [0.4, 0.5) is 10.6 Å².